The van der Waals surface area contributed by atoms with E-state index in [1.165, 1.54) is 0 Å². The third-order valence-electron chi connectivity index (χ3n) is 1.63. The van der Waals surface area contributed by atoms with Crippen LogP contribution in [0.1, 0.15) is 0 Å². The largest absolute Gasteiger partial charge is 0.344 e. The third kappa shape index (κ3) is 0.952. The highest BCUT2D eigenvalue weighted by atomic mass is 16.1. The van der Waals surface area contributed by atoms with E-state index in [-0.39, 0.29) is 5.56 Å². The average molecular weight is 164 g/mol. The summed E-state index contributed by atoms with van der Waals surface area (Å²) in [6.07, 6.45) is 4.88. The van der Waals surface area contributed by atoms with Crippen LogP contribution in [0.5, 0.6) is 0 Å². The molecule has 0 fully saturated rings. The molecule has 0 spiro atoms. The summed E-state index contributed by atoms with van der Waals surface area (Å²) in [4.78, 5) is 17.9. The fourth-order valence-electron chi connectivity index (χ4n) is 1.10. The predicted octanol–water partition coefficient (Wildman–Crippen LogP) is 0.103. The van der Waals surface area contributed by atoms with Crippen molar-refractivity contribution in [3.05, 3.63) is 29.1 Å². The highest BCUT2D eigenvalue weighted by Crippen LogP contribution is 2.08. The zero-order chi connectivity index (χ0) is 8.55. The van der Waals surface area contributed by atoms with Crippen LogP contribution in [0.4, 0.5) is 0 Å². The van der Waals surface area contributed by atoms with Crippen molar-refractivity contribution in [2.45, 2.75) is 0 Å². The van der Waals surface area contributed by atoms with Gasteiger partial charge in [-0.25, -0.2) is 4.98 Å². The van der Waals surface area contributed by atoms with Crippen molar-refractivity contribution in [2.24, 2.45) is 7.05 Å². The molecule has 0 aliphatic heterocycles. The van der Waals surface area contributed by atoms with E-state index in [0.717, 1.165) is 5.69 Å². The van der Waals surface area contributed by atoms with E-state index in [2.05, 4.69) is 15.1 Å². The Morgan fingerprint density at radius 3 is 2.92 bits per heavy atom. The molecule has 5 heteroatoms. The van der Waals surface area contributed by atoms with Gasteiger partial charge in [-0.05, 0) is 0 Å². The van der Waals surface area contributed by atoms with E-state index in [1.54, 1.807) is 30.5 Å². The molecule has 62 valence electrons. The first-order valence-electron chi connectivity index (χ1n) is 3.52. The number of hydrogen-bond acceptors (Lipinski definition) is 2. The van der Waals surface area contributed by atoms with E-state index in [9.17, 15) is 4.79 Å². The Morgan fingerprint density at radius 1 is 1.58 bits per heavy atom. The first-order valence-corrected chi connectivity index (χ1v) is 3.52. The van der Waals surface area contributed by atoms with Crippen molar-refractivity contribution >= 4 is 0 Å². The molecule has 0 radical (unpaired) electrons. The van der Waals surface area contributed by atoms with Crippen LogP contribution in [0, 0.1) is 0 Å². The van der Waals surface area contributed by atoms with Gasteiger partial charge in [-0.1, -0.05) is 0 Å². The molecule has 0 atom stereocenters. The molecule has 0 bridgehead atoms. The van der Waals surface area contributed by atoms with Crippen molar-refractivity contribution in [1.29, 1.82) is 0 Å². The molecule has 2 aromatic rings. The Morgan fingerprint density at radius 2 is 2.42 bits per heavy atom. The summed E-state index contributed by atoms with van der Waals surface area (Å²) in [7, 11) is 1.77. The van der Waals surface area contributed by atoms with Gasteiger partial charge in [0.2, 0.25) is 0 Å². The summed E-state index contributed by atoms with van der Waals surface area (Å²) in [5.74, 6) is 0. The van der Waals surface area contributed by atoms with Crippen LogP contribution in [0.15, 0.2) is 23.5 Å². The first kappa shape index (κ1) is 6.90. The maximum atomic E-state index is 11.2. The summed E-state index contributed by atoms with van der Waals surface area (Å²) in [5, 5.41) is 2.61. The van der Waals surface area contributed by atoms with Gasteiger partial charge in [0.1, 0.15) is 0 Å². The van der Waals surface area contributed by atoms with Crippen LogP contribution < -0.4 is 5.56 Å². The standard InChI is InChI=1S/C7H8N4O/c1-11-3-5(7(12)10-11)6-2-8-4-9-6/h2-4H,1H3,(H,8,9)(H,10,12). The Hall–Kier alpha value is -1.78. The molecule has 5 nitrogen and oxygen atoms in total. The van der Waals surface area contributed by atoms with Gasteiger partial charge in [0, 0.05) is 13.2 Å². The smallest absolute Gasteiger partial charge is 0.273 e. The molecule has 12 heavy (non-hydrogen) atoms. The highest BCUT2D eigenvalue weighted by molar-refractivity contribution is 5.55. The van der Waals surface area contributed by atoms with E-state index in [4.69, 9.17) is 0 Å². The molecule has 0 saturated carbocycles. The molecule has 0 unspecified atom stereocenters. The molecule has 2 aromatic heterocycles. The summed E-state index contributed by atoms with van der Waals surface area (Å²) >= 11 is 0. The number of nitrogens with one attached hydrogen (secondary N) is 2. The van der Waals surface area contributed by atoms with Crippen molar-refractivity contribution in [3.63, 3.8) is 0 Å². The topological polar surface area (TPSA) is 66.5 Å². The van der Waals surface area contributed by atoms with E-state index >= 15 is 0 Å². The number of aryl methyl sites for hydroxylation is 1. The lowest BCUT2D eigenvalue weighted by Gasteiger charge is -1.85. The number of nitrogens with zero attached hydrogens (tertiary/aromatic N) is 2. The molecule has 0 aliphatic rings. The number of imidazole rings is 1. The van der Waals surface area contributed by atoms with Crippen LogP contribution in [0.3, 0.4) is 0 Å². The minimum absolute atomic E-state index is 0.109. The predicted molar refractivity (Wildman–Crippen MR) is 43.6 cm³/mol. The van der Waals surface area contributed by atoms with Gasteiger partial charge in [-0.3, -0.25) is 14.6 Å². The second-order valence-electron chi connectivity index (χ2n) is 2.56. The molecular weight excluding hydrogens is 156 g/mol. The first-order chi connectivity index (χ1) is 5.77. The minimum atomic E-state index is -0.109. The summed E-state index contributed by atoms with van der Waals surface area (Å²) < 4.78 is 1.61. The number of hydrogen-bond donors (Lipinski definition) is 2. The zero-order valence-electron chi connectivity index (χ0n) is 6.53. The van der Waals surface area contributed by atoms with Gasteiger partial charge in [-0.15, -0.1) is 0 Å². The lowest BCUT2D eigenvalue weighted by Crippen LogP contribution is -2.03. The SMILES string of the molecule is Cn1cc(-c2cnc[nH]2)c(=O)[nH]1. The van der Waals surface area contributed by atoms with Crippen LogP contribution in [-0.4, -0.2) is 19.7 Å². The van der Waals surface area contributed by atoms with Gasteiger partial charge < -0.3 is 4.98 Å². The molecular formula is C7H8N4O. The van der Waals surface area contributed by atoms with Crippen LogP contribution >= 0.6 is 0 Å². The molecule has 0 saturated heterocycles. The normalized spacial score (nSPS) is 10.4. The maximum Gasteiger partial charge on any atom is 0.273 e. The van der Waals surface area contributed by atoms with Gasteiger partial charge in [0.05, 0.1) is 23.8 Å². The summed E-state index contributed by atoms with van der Waals surface area (Å²) in [6, 6.07) is 0. The fourth-order valence-corrected chi connectivity index (χ4v) is 1.10. The van der Waals surface area contributed by atoms with Crippen LogP contribution in [-0.2, 0) is 7.05 Å². The Labute approximate surface area is 68.1 Å². The average Bonchev–Trinajstić information content (AvgIpc) is 2.58. The van der Waals surface area contributed by atoms with E-state index < -0.39 is 0 Å². The highest BCUT2D eigenvalue weighted by Gasteiger charge is 2.05. The Kier molecular flexibility index (Phi) is 1.36. The minimum Gasteiger partial charge on any atom is -0.344 e. The molecule has 0 amide bonds. The number of aromatic nitrogens is 4. The van der Waals surface area contributed by atoms with Gasteiger partial charge in [0.25, 0.3) is 5.56 Å². The van der Waals surface area contributed by atoms with Gasteiger partial charge >= 0.3 is 0 Å². The van der Waals surface area contributed by atoms with Gasteiger partial charge in [0.15, 0.2) is 0 Å². The number of H-pyrrole nitrogens is 2. The van der Waals surface area contributed by atoms with Crippen molar-refractivity contribution in [3.8, 4) is 11.3 Å². The fraction of sp³-hybridized carbons (Fsp3) is 0.143. The lowest BCUT2D eigenvalue weighted by atomic mass is 10.3. The lowest BCUT2D eigenvalue weighted by molar-refractivity contribution is 0.756. The molecule has 0 aliphatic carbocycles. The number of aromatic amines is 2. The van der Waals surface area contributed by atoms with E-state index in [0.29, 0.717) is 5.56 Å². The van der Waals surface area contributed by atoms with Gasteiger partial charge in [-0.2, -0.15) is 0 Å². The maximum absolute atomic E-state index is 11.2. The Bertz CT molecular complexity index is 422. The molecule has 2 N–H and O–H groups in total. The second-order valence-corrected chi connectivity index (χ2v) is 2.56. The van der Waals surface area contributed by atoms with Crippen LogP contribution in [0.2, 0.25) is 0 Å². The molecule has 2 rings (SSSR count). The quantitative estimate of drug-likeness (QED) is 0.627. The summed E-state index contributed by atoms with van der Waals surface area (Å²) in [5.41, 5.74) is 1.23. The summed E-state index contributed by atoms with van der Waals surface area (Å²) in [6.45, 7) is 0. The monoisotopic (exact) mass is 164 g/mol. The second kappa shape index (κ2) is 2.37. The Balaban J connectivity index is 2.61. The van der Waals surface area contributed by atoms with Crippen molar-refractivity contribution in [2.75, 3.05) is 0 Å². The zero-order valence-corrected chi connectivity index (χ0v) is 6.53. The van der Waals surface area contributed by atoms with Crippen molar-refractivity contribution < 1.29 is 0 Å². The number of rotatable bonds is 1. The van der Waals surface area contributed by atoms with E-state index in [1.807, 2.05) is 0 Å². The van der Waals surface area contributed by atoms with Crippen molar-refractivity contribution in [1.82, 2.24) is 19.7 Å². The third-order valence-corrected chi connectivity index (χ3v) is 1.63. The molecule has 0 aromatic carbocycles. The molecule has 2 heterocycles. The van der Waals surface area contributed by atoms with Crippen LogP contribution in [0.25, 0.3) is 11.3 Å².